The van der Waals surface area contributed by atoms with E-state index in [2.05, 4.69) is 5.32 Å². The van der Waals surface area contributed by atoms with Crippen molar-refractivity contribution in [1.29, 1.82) is 0 Å². The van der Waals surface area contributed by atoms with Crippen LogP contribution in [0.2, 0.25) is 5.02 Å². The summed E-state index contributed by atoms with van der Waals surface area (Å²) in [5.41, 5.74) is 1.77. The Hall–Kier alpha value is -3.76. The Bertz CT molecular complexity index is 1450. The van der Waals surface area contributed by atoms with Crippen LogP contribution in [0.1, 0.15) is 25.0 Å². The fraction of sp³-hybridized carbons (Fsp3) is 0.310. The molecule has 2 amide bonds. The van der Waals surface area contributed by atoms with Crippen LogP contribution in [0.15, 0.2) is 71.6 Å². The number of carbonyl (C=O) groups is 2. The lowest BCUT2D eigenvalue weighted by Crippen LogP contribution is -2.51. The van der Waals surface area contributed by atoms with Gasteiger partial charge in [0, 0.05) is 13.1 Å². The number of likely N-dealkylation sites (N-methyl/N-ethyl adjacent to an activating group) is 1. The van der Waals surface area contributed by atoms with Crippen LogP contribution in [0, 0.1) is 6.92 Å². The van der Waals surface area contributed by atoms with Crippen molar-refractivity contribution in [1.82, 2.24) is 10.2 Å². The van der Waals surface area contributed by atoms with Crippen molar-refractivity contribution in [2.75, 3.05) is 31.6 Å². The molecule has 3 aromatic carbocycles. The Morgan fingerprint density at radius 3 is 2.30 bits per heavy atom. The molecule has 0 radical (unpaired) electrons. The van der Waals surface area contributed by atoms with E-state index < -0.39 is 28.5 Å². The normalized spacial score (nSPS) is 11.8. The van der Waals surface area contributed by atoms with E-state index in [4.69, 9.17) is 21.1 Å². The van der Waals surface area contributed by atoms with Crippen LogP contribution in [0.25, 0.3) is 0 Å². The number of benzene rings is 3. The van der Waals surface area contributed by atoms with E-state index in [1.807, 2.05) is 6.92 Å². The monoisotopic (exact) mass is 587 g/mol. The summed E-state index contributed by atoms with van der Waals surface area (Å²) in [6.07, 6.45) is 0. The minimum atomic E-state index is -4.21. The number of amides is 2. The lowest BCUT2D eigenvalue weighted by atomic mass is 10.1. The second kappa shape index (κ2) is 13.5. The molecule has 0 bridgehead atoms. The van der Waals surface area contributed by atoms with Crippen LogP contribution in [-0.2, 0) is 26.2 Å². The number of aryl methyl sites for hydroxylation is 1. The smallest absolute Gasteiger partial charge is 0.264 e. The van der Waals surface area contributed by atoms with Crippen LogP contribution in [-0.4, -0.2) is 58.5 Å². The van der Waals surface area contributed by atoms with E-state index in [9.17, 15) is 18.0 Å². The summed E-state index contributed by atoms with van der Waals surface area (Å²) in [7, 11) is -1.23. The Labute approximate surface area is 240 Å². The van der Waals surface area contributed by atoms with E-state index in [-0.39, 0.29) is 28.1 Å². The van der Waals surface area contributed by atoms with Crippen molar-refractivity contribution in [2.24, 2.45) is 0 Å². The average molecular weight is 588 g/mol. The highest BCUT2D eigenvalue weighted by Crippen LogP contribution is 2.32. The third-order valence-corrected chi connectivity index (χ3v) is 8.40. The highest BCUT2D eigenvalue weighted by Gasteiger charge is 2.32. The first-order chi connectivity index (χ1) is 19.0. The van der Waals surface area contributed by atoms with E-state index in [0.29, 0.717) is 23.6 Å². The van der Waals surface area contributed by atoms with Crippen LogP contribution in [0.3, 0.4) is 0 Å². The van der Waals surface area contributed by atoms with Gasteiger partial charge in [-0.3, -0.25) is 13.9 Å². The van der Waals surface area contributed by atoms with E-state index >= 15 is 0 Å². The third-order valence-electron chi connectivity index (χ3n) is 6.32. The molecular formula is C29H34ClN3O6S. The molecule has 3 rings (SSSR count). The summed E-state index contributed by atoms with van der Waals surface area (Å²) in [6.45, 7) is 5.08. The lowest BCUT2D eigenvalue weighted by Gasteiger charge is -2.32. The van der Waals surface area contributed by atoms with Gasteiger partial charge in [0.25, 0.3) is 10.0 Å². The molecule has 0 spiro atoms. The van der Waals surface area contributed by atoms with Crippen molar-refractivity contribution in [3.05, 3.63) is 82.9 Å². The number of hydrogen-bond donors (Lipinski definition) is 1. The molecule has 1 atom stereocenters. The van der Waals surface area contributed by atoms with Gasteiger partial charge in [0.2, 0.25) is 11.8 Å². The maximum Gasteiger partial charge on any atom is 0.264 e. The number of halogens is 1. The molecule has 0 heterocycles. The molecule has 0 saturated carbocycles. The van der Waals surface area contributed by atoms with Gasteiger partial charge in [-0.25, -0.2) is 8.42 Å². The van der Waals surface area contributed by atoms with Gasteiger partial charge in [0.15, 0.2) is 0 Å². The van der Waals surface area contributed by atoms with Gasteiger partial charge in [-0.2, -0.15) is 0 Å². The third kappa shape index (κ3) is 7.25. The van der Waals surface area contributed by atoms with E-state index in [1.165, 1.54) is 49.5 Å². The summed E-state index contributed by atoms with van der Waals surface area (Å²) < 4.78 is 39.3. The Morgan fingerprint density at radius 2 is 1.70 bits per heavy atom. The van der Waals surface area contributed by atoms with Gasteiger partial charge in [-0.05, 0) is 68.8 Å². The van der Waals surface area contributed by atoms with Crippen LogP contribution >= 0.6 is 11.6 Å². The van der Waals surface area contributed by atoms with Gasteiger partial charge in [-0.1, -0.05) is 41.4 Å². The van der Waals surface area contributed by atoms with Crippen molar-refractivity contribution < 1.29 is 27.5 Å². The maximum atomic E-state index is 13.9. The lowest BCUT2D eigenvalue weighted by molar-refractivity contribution is -0.139. The highest BCUT2D eigenvalue weighted by molar-refractivity contribution is 7.92. The number of rotatable bonds is 12. The van der Waals surface area contributed by atoms with Gasteiger partial charge in [0.1, 0.15) is 24.1 Å². The quantitative estimate of drug-likeness (QED) is 0.336. The number of hydrogen-bond acceptors (Lipinski definition) is 6. The Morgan fingerprint density at radius 1 is 1.00 bits per heavy atom. The summed E-state index contributed by atoms with van der Waals surface area (Å²) in [5.74, 6) is 0.00401. The largest absolute Gasteiger partial charge is 0.497 e. The number of anilines is 1. The predicted molar refractivity (Wildman–Crippen MR) is 155 cm³/mol. The molecular weight excluding hydrogens is 554 g/mol. The summed E-state index contributed by atoms with van der Waals surface area (Å²) in [5, 5.41) is 2.92. The summed E-state index contributed by atoms with van der Waals surface area (Å²) >= 11 is 6.35. The highest BCUT2D eigenvalue weighted by atomic mass is 35.5. The minimum Gasteiger partial charge on any atom is -0.497 e. The molecule has 0 aliphatic heterocycles. The molecule has 1 unspecified atom stereocenters. The molecule has 40 heavy (non-hydrogen) atoms. The van der Waals surface area contributed by atoms with Gasteiger partial charge < -0.3 is 19.7 Å². The summed E-state index contributed by atoms with van der Waals surface area (Å²) in [6, 6.07) is 17.0. The molecule has 1 N–H and O–H groups in total. The van der Waals surface area contributed by atoms with Gasteiger partial charge in [-0.15, -0.1) is 0 Å². The fourth-order valence-electron chi connectivity index (χ4n) is 4.05. The average Bonchev–Trinajstić information content (AvgIpc) is 2.94. The molecule has 214 valence electrons. The molecule has 11 heteroatoms. The zero-order valence-electron chi connectivity index (χ0n) is 23.2. The maximum absolute atomic E-state index is 13.9. The van der Waals surface area contributed by atoms with Crippen LogP contribution < -0.4 is 19.1 Å². The van der Waals surface area contributed by atoms with Crippen LogP contribution in [0.5, 0.6) is 11.5 Å². The molecule has 9 nitrogen and oxygen atoms in total. The second-order valence-electron chi connectivity index (χ2n) is 9.09. The van der Waals surface area contributed by atoms with E-state index in [1.54, 1.807) is 50.2 Å². The number of methoxy groups -OCH3 is 2. The first kappa shape index (κ1) is 30.8. The molecule has 0 aliphatic carbocycles. The van der Waals surface area contributed by atoms with E-state index in [0.717, 1.165) is 9.87 Å². The first-order valence-corrected chi connectivity index (χ1v) is 14.5. The Balaban J connectivity index is 2.07. The molecule has 0 aliphatic rings. The number of ether oxygens (including phenoxy) is 2. The van der Waals surface area contributed by atoms with Crippen molar-refractivity contribution in [2.45, 2.75) is 38.3 Å². The second-order valence-corrected chi connectivity index (χ2v) is 11.4. The van der Waals surface area contributed by atoms with Gasteiger partial charge >= 0.3 is 0 Å². The number of sulfonamides is 1. The SMILES string of the molecule is CCNC(=O)C(C)N(Cc1cccc(OC)c1)C(=O)CN(c1ccc(OC)c(Cl)c1)S(=O)(=O)c1ccc(C)cc1. The Kier molecular flexibility index (Phi) is 10.4. The fourth-order valence-corrected chi connectivity index (χ4v) is 5.71. The molecule has 0 fully saturated rings. The van der Waals surface area contributed by atoms with Crippen molar-refractivity contribution >= 4 is 39.1 Å². The minimum absolute atomic E-state index is 0.00830. The predicted octanol–water partition coefficient (Wildman–Crippen LogP) is 4.41. The standard InChI is InChI=1S/C29H34ClN3O6S/c1-6-31-29(35)21(3)32(18-22-8-7-9-24(16-22)38-4)28(34)19-33(23-12-15-27(39-5)26(30)17-23)40(36,37)25-13-10-20(2)11-14-25/h7-17,21H,6,18-19H2,1-5H3,(H,31,35). The topological polar surface area (TPSA) is 105 Å². The zero-order chi connectivity index (χ0) is 29.4. The number of nitrogens with zero attached hydrogens (tertiary/aromatic N) is 2. The first-order valence-electron chi connectivity index (χ1n) is 12.6. The van der Waals surface area contributed by atoms with Crippen molar-refractivity contribution in [3.8, 4) is 11.5 Å². The molecule has 0 saturated heterocycles. The molecule has 3 aromatic rings. The van der Waals surface area contributed by atoms with Crippen LogP contribution in [0.4, 0.5) is 5.69 Å². The number of nitrogens with one attached hydrogen (secondary N) is 1. The van der Waals surface area contributed by atoms with Crippen molar-refractivity contribution in [3.63, 3.8) is 0 Å². The summed E-state index contributed by atoms with van der Waals surface area (Å²) in [4.78, 5) is 28.1. The molecule has 0 aromatic heterocycles. The zero-order valence-corrected chi connectivity index (χ0v) is 24.8. The van der Waals surface area contributed by atoms with Gasteiger partial charge in [0.05, 0.1) is 29.8 Å². The number of carbonyl (C=O) groups excluding carboxylic acids is 2.